The zero-order valence-electron chi connectivity index (χ0n) is 12.6. The first-order chi connectivity index (χ1) is 11.5. The van der Waals surface area contributed by atoms with E-state index < -0.39 is 10.0 Å². The highest BCUT2D eigenvalue weighted by atomic mass is 32.2. The summed E-state index contributed by atoms with van der Waals surface area (Å²) in [5.41, 5.74) is 0.951. The predicted molar refractivity (Wildman–Crippen MR) is 95.8 cm³/mol. The average Bonchev–Trinajstić information content (AvgIpc) is 3.22. The van der Waals surface area contributed by atoms with Crippen LogP contribution in [0.2, 0.25) is 0 Å². The second kappa shape index (κ2) is 7.39. The number of thiophene rings is 1. The van der Waals surface area contributed by atoms with Gasteiger partial charge in [-0.1, -0.05) is 18.2 Å². The van der Waals surface area contributed by atoms with Gasteiger partial charge in [0.2, 0.25) is 5.91 Å². The number of thiazole rings is 1. The third-order valence-electron chi connectivity index (χ3n) is 3.18. The van der Waals surface area contributed by atoms with Crippen LogP contribution in [0.4, 0.5) is 0 Å². The SMILES string of the molecule is O=C(CNS(=O)(=O)c1cccs1)NCCc1nc2ccccc2s1. The van der Waals surface area contributed by atoms with Crippen molar-refractivity contribution in [1.82, 2.24) is 15.0 Å². The van der Waals surface area contributed by atoms with E-state index in [-0.39, 0.29) is 16.7 Å². The van der Waals surface area contributed by atoms with E-state index in [2.05, 4.69) is 15.0 Å². The van der Waals surface area contributed by atoms with Crippen molar-refractivity contribution in [3.8, 4) is 0 Å². The standard InChI is InChI=1S/C15H15N3O3S3/c19-13(10-17-24(20,21)15-6-3-9-22-15)16-8-7-14-18-11-4-1-2-5-12(11)23-14/h1-6,9,17H,7-8,10H2,(H,16,19). The number of nitrogens with zero attached hydrogens (tertiary/aromatic N) is 1. The maximum Gasteiger partial charge on any atom is 0.250 e. The summed E-state index contributed by atoms with van der Waals surface area (Å²) in [6.07, 6.45) is 0.614. The molecule has 0 aliphatic carbocycles. The van der Waals surface area contributed by atoms with Gasteiger partial charge in [-0.15, -0.1) is 22.7 Å². The van der Waals surface area contributed by atoms with E-state index >= 15 is 0 Å². The number of rotatable bonds is 7. The third-order valence-corrected chi connectivity index (χ3v) is 7.08. The number of carbonyl (C=O) groups is 1. The van der Waals surface area contributed by atoms with E-state index in [9.17, 15) is 13.2 Å². The number of aromatic nitrogens is 1. The summed E-state index contributed by atoms with van der Waals surface area (Å²) in [5.74, 6) is -0.365. The van der Waals surface area contributed by atoms with Crippen LogP contribution in [-0.4, -0.2) is 32.4 Å². The van der Waals surface area contributed by atoms with Gasteiger partial charge in [-0.05, 0) is 23.6 Å². The quantitative estimate of drug-likeness (QED) is 0.655. The Morgan fingerprint density at radius 2 is 2.00 bits per heavy atom. The molecule has 1 amide bonds. The highest BCUT2D eigenvalue weighted by molar-refractivity contribution is 7.91. The Kier molecular flexibility index (Phi) is 5.24. The van der Waals surface area contributed by atoms with Gasteiger partial charge in [0, 0.05) is 13.0 Å². The lowest BCUT2D eigenvalue weighted by Crippen LogP contribution is -2.37. The van der Waals surface area contributed by atoms with Gasteiger partial charge in [-0.3, -0.25) is 4.79 Å². The number of hydrogen-bond donors (Lipinski definition) is 2. The summed E-state index contributed by atoms with van der Waals surface area (Å²) >= 11 is 2.70. The molecule has 0 radical (unpaired) electrons. The molecule has 2 heterocycles. The zero-order chi connectivity index (χ0) is 17.0. The number of hydrogen-bond acceptors (Lipinski definition) is 6. The Morgan fingerprint density at radius 1 is 1.17 bits per heavy atom. The molecule has 0 atom stereocenters. The van der Waals surface area contributed by atoms with E-state index in [1.807, 2.05) is 24.3 Å². The van der Waals surface area contributed by atoms with Crippen molar-refractivity contribution in [3.05, 3.63) is 46.8 Å². The Morgan fingerprint density at radius 3 is 2.75 bits per heavy atom. The molecule has 3 aromatic rings. The first kappa shape index (κ1) is 17.0. The molecule has 0 unspecified atom stereocenters. The molecular weight excluding hydrogens is 366 g/mol. The molecule has 9 heteroatoms. The molecule has 0 saturated heterocycles. The number of fused-ring (bicyclic) bond motifs is 1. The molecule has 2 N–H and O–H groups in total. The molecule has 6 nitrogen and oxygen atoms in total. The van der Waals surface area contributed by atoms with Crippen LogP contribution in [-0.2, 0) is 21.2 Å². The number of benzene rings is 1. The fourth-order valence-electron chi connectivity index (χ4n) is 2.05. The summed E-state index contributed by atoms with van der Waals surface area (Å²) in [6.45, 7) is 0.138. The van der Waals surface area contributed by atoms with Gasteiger partial charge >= 0.3 is 0 Å². The highest BCUT2D eigenvalue weighted by Gasteiger charge is 2.16. The second-order valence-corrected chi connectivity index (χ2v) is 8.99. The summed E-state index contributed by atoms with van der Waals surface area (Å²) < 4.78 is 27.4. The van der Waals surface area contributed by atoms with Crippen LogP contribution in [0.25, 0.3) is 10.2 Å². The van der Waals surface area contributed by atoms with Crippen LogP contribution in [0.1, 0.15) is 5.01 Å². The number of para-hydroxylation sites is 1. The molecule has 2 aromatic heterocycles. The van der Waals surface area contributed by atoms with Crippen molar-refractivity contribution < 1.29 is 13.2 Å². The summed E-state index contributed by atoms with van der Waals surface area (Å²) in [6, 6.07) is 11.0. The number of nitrogens with one attached hydrogen (secondary N) is 2. The molecule has 0 spiro atoms. The topological polar surface area (TPSA) is 88.2 Å². The monoisotopic (exact) mass is 381 g/mol. The molecule has 0 aliphatic rings. The van der Waals surface area contributed by atoms with Crippen LogP contribution >= 0.6 is 22.7 Å². The fourth-order valence-corrected chi connectivity index (χ4v) is 5.03. The summed E-state index contributed by atoms with van der Waals surface area (Å²) in [5, 5.41) is 5.31. The van der Waals surface area contributed by atoms with Crippen LogP contribution in [0.3, 0.4) is 0 Å². The van der Waals surface area contributed by atoms with Crippen molar-refractivity contribution in [2.45, 2.75) is 10.6 Å². The smallest absolute Gasteiger partial charge is 0.250 e. The van der Waals surface area contributed by atoms with Crippen LogP contribution in [0, 0.1) is 0 Å². The van der Waals surface area contributed by atoms with E-state index in [1.165, 1.54) is 6.07 Å². The molecule has 0 aliphatic heterocycles. The fraction of sp³-hybridized carbons (Fsp3) is 0.200. The molecule has 1 aromatic carbocycles. The minimum Gasteiger partial charge on any atom is -0.355 e. The lowest BCUT2D eigenvalue weighted by Gasteiger charge is -2.05. The van der Waals surface area contributed by atoms with Crippen molar-refractivity contribution >= 4 is 48.8 Å². The first-order valence-corrected chi connectivity index (χ1v) is 10.4. The van der Waals surface area contributed by atoms with E-state index in [0.717, 1.165) is 26.6 Å². The molecule has 126 valence electrons. The molecule has 0 fully saturated rings. The normalized spacial score (nSPS) is 11.7. The third kappa shape index (κ3) is 4.18. The minimum absolute atomic E-state index is 0.199. The van der Waals surface area contributed by atoms with Gasteiger partial charge in [0.25, 0.3) is 10.0 Å². The van der Waals surface area contributed by atoms with Gasteiger partial charge in [0.05, 0.1) is 21.8 Å². The van der Waals surface area contributed by atoms with Crippen molar-refractivity contribution in [2.75, 3.05) is 13.1 Å². The van der Waals surface area contributed by atoms with Gasteiger partial charge in [0.1, 0.15) is 4.21 Å². The molecular formula is C15H15N3O3S3. The van der Waals surface area contributed by atoms with Crippen LogP contribution in [0.15, 0.2) is 46.0 Å². The maximum absolute atomic E-state index is 11.9. The lowest BCUT2D eigenvalue weighted by molar-refractivity contribution is -0.119. The van der Waals surface area contributed by atoms with Crippen LogP contribution < -0.4 is 10.0 Å². The van der Waals surface area contributed by atoms with E-state index in [1.54, 1.807) is 22.8 Å². The van der Waals surface area contributed by atoms with Crippen molar-refractivity contribution in [3.63, 3.8) is 0 Å². The summed E-state index contributed by atoms with van der Waals surface area (Å²) in [7, 11) is -3.61. The molecule has 3 rings (SSSR count). The van der Waals surface area contributed by atoms with Gasteiger partial charge in [-0.25, -0.2) is 18.1 Å². The number of sulfonamides is 1. The van der Waals surface area contributed by atoms with Gasteiger partial charge in [-0.2, -0.15) is 0 Å². The molecule has 24 heavy (non-hydrogen) atoms. The lowest BCUT2D eigenvalue weighted by atomic mass is 10.3. The van der Waals surface area contributed by atoms with Crippen molar-refractivity contribution in [2.24, 2.45) is 0 Å². The van der Waals surface area contributed by atoms with E-state index in [0.29, 0.717) is 13.0 Å². The second-order valence-electron chi connectivity index (χ2n) is 4.93. The predicted octanol–water partition coefficient (Wildman–Crippen LogP) is 1.99. The largest absolute Gasteiger partial charge is 0.355 e. The van der Waals surface area contributed by atoms with Crippen LogP contribution in [0.5, 0.6) is 0 Å². The van der Waals surface area contributed by atoms with Crippen molar-refractivity contribution in [1.29, 1.82) is 0 Å². The zero-order valence-corrected chi connectivity index (χ0v) is 15.0. The maximum atomic E-state index is 11.9. The number of carbonyl (C=O) groups excluding carboxylic acids is 1. The summed E-state index contributed by atoms with van der Waals surface area (Å²) in [4.78, 5) is 16.3. The molecule has 0 saturated carbocycles. The first-order valence-electron chi connectivity index (χ1n) is 7.19. The molecule has 0 bridgehead atoms. The Balaban J connectivity index is 1.46. The Hall–Kier alpha value is -1.81. The highest BCUT2D eigenvalue weighted by Crippen LogP contribution is 2.21. The number of amides is 1. The average molecular weight is 382 g/mol. The minimum atomic E-state index is -3.61. The van der Waals surface area contributed by atoms with Gasteiger partial charge in [0.15, 0.2) is 0 Å². The Bertz CT molecular complexity index is 900. The Labute approximate surface area is 147 Å². The van der Waals surface area contributed by atoms with Gasteiger partial charge < -0.3 is 5.32 Å². The van der Waals surface area contributed by atoms with E-state index in [4.69, 9.17) is 0 Å².